The van der Waals surface area contributed by atoms with E-state index < -0.39 is 23.7 Å². The number of nitrogens with zero attached hydrogens (tertiary/aromatic N) is 3. The maximum atomic E-state index is 14.1. The fourth-order valence-electron chi connectivity index (χ4n) is 7.18. The molecule has 1 aliphatic heterocycles. The van der Waals surface area contributed by atoms with Gasteiger partial charge in [-0.25, -0.2) is 18.9 Å². The fourth-order valence-corrected chi connectivity index (χ4v) is 8.08. The Balaban J connectivity index is 1.56. The third-order valence-electron chi connectivity index (χ3n) is 9.37. The summed E-state index contributed by atoms with van der Waals surface area (Å²) in [5.41, 5.74) is -0.468. The van der Waals surface area contributed by atoms with Gasteiger partial charge in [-0.2, -0.15) is 0 Å². The smallest absolute Gasteiger partial charge is 0.421 e. The van der Waals surface area contributed by atoms with Crippen LogP contribution in [0.4, 0.5) is 4.79 Å². The van der Waals surface area contributed by atoms with Gasteiger partial charge in [0.15, 0.2) is 0 Å². The summed E-state index contributed by atoms with van der Waals surface area (Å²) in [5, 5.41) is 3.57. The van der Waals surface area contributed by atoms with Gasteiger partial charge in [0.1, 0.15) is 16.7 Å². The van der Waals surface area contributed by atoms with Crippen molar-refractivity contribution in [2.24, 2.45) is 17.8 Å². The molecule has 0 spiro atoms. The number of piperazine rings is 1. The maximum Gasteiger partial charge on any atom is 0.421 e. The van der Waals surface area contributed by atoms with E-state index in [-0.39, 0.29) is 18.1 Å². The number of rotatable bonds is 11. The van der Waals surface area contributed by atoms with Gasteiger partial charge in [-0.15, -0.1) is 0 Å². The van der Waals surface area contributed by atoms with Gasteiger partial charge in [-0.1, -0.05) is 64.2 Å². The largest absolute Gasteiger partial charge is 0.462 e. The van der Waals surface area contributed by atoms with Gasteiger partial charge in [-0.3, -0.25) is 4.79 Å². The summed E-state index contributed by atoms with van der Waals surface area (Å²) in [4.78, 5) is 46.6. The van der Waals surface area contributed by atoms with Crippen LogP contribution < -0.4 is 5.32 Å². The van der Waals surface area contributed by atoms with E-state index >= 15 is 0 Å². The molecule has 2 heterocycles. The molecule has 2 saturated carbocycles. The van der Waals surface area contributed by atoms with E-state index in [0.29, 0.717) is 49.0 Å². The highest BCUT2D eigenvalue weighted by atomic mass is 32.2. The Morgan fingerprint density at radius 3 is 2.23 bits per heavy atom. The second-order valence-corrected chi connectivity index (χ2v) is 14.0. The number of pyridine rings is 1. The zero-order chi connectivity index (χ0) is 30.8. The summed E-state index contributed by atoms with van der Waals surface area (Å²) < 4.78 is 12.9. The first kappa shape index (κ1) is 33.6. The molecule has 10 heteroatoms. The summed E-state index contributed by atoms with van der Waals surface area (Å²) in [5.74, 6) is 1.20. The highest BCUT2D eigenvalue weighted by Gasteiger charge is 2.40. The summed E-state index contributed by atoms with van der Waals surface area (Å²) >= 11 is 0.977. The lowest BCUT2D eigenvalue weighted by atomic mass is 9.66. The quantitative estimate of drug-likeness (QED) is 0.223. The molecule has 0 aromatic carbocycles. The Kier molecular flexibility index (Phi) is 12.6. The van der Waals surface area contributed by atoms with Crippen LogP contribution in [-0.4, -0.2) is 76.6 Å². The van der Waals surface area contributed by atoms with Gasteiger partial charge in [0.25, 0.3) is 0 Å². The van der Waals surface area contributed by atoms with Crippen molar-refractivity contribution < 1.29 is 23.9 Å². The fraction of sp³-hybridized carbons (Fsp3) is 0.758. The first-order valence-electron chi connectivity index (χ1n) is 16.5. The van der Waals surface area contributed by atoms with Crippen molar-refractivity contribution in [1.29, 1.82) is 0 Å². The minimum atomic E-state index is -0.823. The average Bonchev–Trinajstić information content (AvgIpc) is 3.03. The van der Waals surface area contributed by atoms with Crippen molar-refractivity contribution in [3.05, 3.63) is 23.9 Å². The zero-order valence-corrected chi connectivity index (χ0v) is 27.5. The predicted molar refractivity (Wildman–Crippen MR) is 169 cm³/mol. The average molecular weight is 617 g/mol. The van der Waals surface area contributed by atoms with Gasteiger partial charge in [0, 0.05) is 44.3 Å². The van der Waals surface area contributed by atoms with Gasteiger partial charge < -0.3 is 19.7 Å². The molecule has 0 radical (unpaired) electrons. The first-order valence-corrected chi connectivity index (χ1v) is 17.3. The monoisotopic (exact) mass is 616 g/mol. The minimum absolute atomic E-state index is 0.153. The zero-order valence-electron chi connectivity index (χ0n) is 26.6. The molecule has 0 unspecified atom stereocenters. The molecule has 1 saturated heterocycles. The molecule has 43 heavy (non-hydrogen) atoms. The summed E-state index contributed by atoms with van der Waals surface area (Å²) in [6.45, 7) is 10.3. The Morgan fingerprint density at radius 2 is 1.65 bits per heavy atom. The second-order valence-electron chi connectivity index (χ2n) is 13.0. The number of carbonyl (C=O) groups is 3. The number of amides is 2. The highest BCUT2D eigenvalue weighted by molar-refractivity contribution is 7.97. The van der Waals surface area contributed by atoms with Gasteiger partial charge in [0.2, 0.25) is 5.91 Å². The topological polar surface area (TPSA) is 101 Å². The van der Waals surface area contributed by atoms with E-state index in [1.807, 2.05) is 13.8 Å². The SMILES string of the molecule is CCOC(=O)c1cccnc1SN(C(=O)OC(C)(C)CC(C1CCCCC1)C1CCCCC1)[C@H](C)C(=O)N1CCNCC1. The minimum Gasteiger partial charge on any atom is -0.462 e. The number of nitrogens with one attached hydrogen (secondary N) is 1. The number of carbonyl (C=O) groups excluding carboxylic acids is 3. The summed E-state index contributed by atoms with van der Waals surface area (Å²) in [6.07, 6.45) is 14.6. The molecule has 0 bridgehead atoms. The molecule has 3 aliphatic rings. The Bertz CT molecular complexity index is 1050. The van der Waals surface area contributed by atoms with E-state index in [9.17, 15) is 14.4 Å². The number of hydrogen-bond donors (Lipinski definition) is 1. The lowest BCUT2D eigenvalue weighted by molar-refractivity contribution is -0.135. The Labute approximate surface area is 262 Å². The molecule has 2 amide bonds. The molecule has 1 N–H and O–H groups in total. The predicted octanol–water partition coefficient (Wildman–Crippen LogP) is 6.47. The normalized spacial score (nSPS) is 19.6. The number of aromatic nitrogens is 1. The van der Waals surface area contributed by atoms with Crippen molar-refractivity contribution in [3.8, 4) is 0 Å². The summed E-state index contributed by atoms with van der Waals surface area (Å²) in [6, 6.07) is 2.47. The highest BCUT2D eigenvalue weighted by Crippen LogP contribution is 2.44. The third kappa shape index (κ3) is 9.33. The van der Waals surface area contributed by atoms with Gasteiger partial charge in [-0.05, 0) is 64.0 Å². The van der Waals surface area contributed by atoms with Crippen LogP contribution in [0.25, 0.3) is 0 Å². The third-order valence-corrected chi connectivity index (χ3v) is 10.5. The molecule has 9 nitrogen and oxygen atoms in total. The number of esters is 1. The Morgan fingerprint density at radius 1 is 1.05 bits per heavy atom. The molecule has 4 rings (SSSR count). The van der Waals surface area contributed by atoms with Crippen LogP contribution >= 0.6 is 11.9 Å². The first-order chi connectivity index (χ1) is 20.7. The van der Waals surface area contributed by atoms with Gasteiger partial charge in [0.05, 0.1) is 12.2 Å². The van der Waals surface area contributed by atoms with Crippen molar-refractivity contribution >= 4 is 29.9 Å². The molecule has 1 atom stereocenters. The standard InChI is InChI=1S/C33H52N4O5S/c1-5-41-31(39)27-17-12-18-35-29(27)43-37(24(2)30(38)36-21-19-34-20-22-36)32(40)42-33(3,4)23-28(25-13-8-6-9-14-25)26-15-10-7-11-16-26/h12,17-18,24-26,28,34H,5-11,13-16,19-23H2,1-4H3/t24-/m1/s1. The van der Waals surface area contributed by atoms with Crippen LogP contribution in [0, 0.1) is 17.8 Å². The molecule has 1 aromatic rings. The van der Waals surface area contributed by atoms with E-state index in [4.69, 9.17) is 9.47 Å². The van der Waals surface area contributed by atoms with Crippen LogP contribution in [-0.2, 0) is 14.3 Å². The molecular formula is C33H52N4O5S. The van der Waals surface area contributed by atoms with Crippen molar-refractivity contribution in [3.63, 3.8) is 0 Å². The van der Waals surface area contributed by atoms with Crippen LogP contribution in [0.15, 0.2) is 23.4 Å². The second kappa shape index (κ2) is 16.1. The lowest BCUT2D eigenvalue weighted by Crippen LogP contribution is -2.53. The van der Waals surface area contributed by atoms with Gasteiger partial charge >= 0.3 is 12.1 Å². The van der Waals surface area contributed by atoms with Crippen LogP contribution in [0.1, 0.15) is 109 Å². The van der Waals surface area contributed by atoms with E-state index in [1.54, 1.807) is 37.1 Å². The Hall–Kier alpha value is -2.33. The van der Waals surface area contributed by atoms with Crippen molar-refractivity contribution in [2.75, 3.05) is 32.8 Å². The van der Waals surface area contributed by atoms with Crippen LogP contribution in [0.2, 0.25) is 0 Å². The van der Waals surface area contributed by atoms with E-state index in [0.717, 1.165) is 18.4 Å². The molecule has 3 fully saturated rings. The van der Waals surface area contributed by atoms with Crippen LogP contribution in [0.5, 0.6) is 0 Å². The van der Waals surface area contributed by atoms with E-state index in [1.165, 1.54) is 68.5 Å². The number of ether oxygens (including phenoxy) is 2. The van der Waals surface area contributed by atoms with Crippen molar-refractivity contribution in [1.82, 2.24) is 19.5 Å². The molecule has 2 aliphatic carbocycles. The molecule has 240 valence electrons. The number of hydrogen-bond acceptors (Lipinski definition) is 8. The summed E-state index contributed by atoms with van der Waals surface area (Å²) in [7, 11) is 0. The lowest BCUT2D eigenvalue weighted by Gasteiger charge is -2.42. The van der Waals surface area contributed by atoms with Crippen LogP contribution in [0.3, 0.4) is 0 Å². The van der Waals surface area contributed by atoms with E-state index in [2.05, 4.69) is 10.3 Å². The molecule has 1 aromatic heterocycles. The molecular weight excluding hydrogens is 564 g/mol. The maximum absolute atomic E-state index is 14.1. The van der Waals surface area contributed by atoms with Crippen molar-refractivity contribution in [2.45, 2.75) is 115 Å².